The minimum atomic E-state index is -1.85. The van der Waals surface area contributed by atoms with Gasteiger partial charge in [0, 0.05) is 60.1 Å². The quantitative estimate of drug-likeness (QED) is 0.572. The van der Waals surface area contributed by atoms with Crippen molar-refractivity contribution >= 4 is 21.5 Å². The highest BCUT2D eigenvalue weighted by molar-refractivity contribution is 7.98. The molecule has 0 aliphatic carbocycles. The molecule has 31 heavy (non-hydrogen) atoms. The molecular formula is C22H44N2O6S. The molecule has 0 aromatic carbocycles. The molecule has 3 rings (SSSR count). The Morgan fingerprint density at radius 3 is 2.10 bits per heavy atom. The lowest BCUT2D eigenvalue weighted by Gasteiger charge is -2.36. The normalized spacial score (nSPS) is 25.5. The van der Waals surface area contributed by atoms with Crippen LogP contribution < -0.4 is 0 Å². The molecule has 0 bridgehead atoms. The predicted octanol–water partition coefficient (Wildman–Crippen LogP) is 1.14. The average molecular weight is 465 g/mol. The van der Waals surface area contributed by atoms with Gasteiger partial charge in [-0.2, -0.15) is 0 Å². The van der Waals surface area contributed by atoms with E-state index >= 15 is 0 Å². The van der Waals surface area contributed by atoms with Crippen molar-refractivity contribution in [2.75, 3.05) is 45.2 Å². The first kappa shape index (κ1) is 28.3. The van der Waals surface area contributed by atoms with Gasteiger partial charge in [0.05, 0.1) is 25.4 Å². The van der Waals surface area contributed by atoms with Gasteiger partial charge in [0.1, 0.15) is 5.60 Å². The fraction of sp³-hybridized carbons (Fsp3) is 0.909. The van der Waals surface area contributed by atoms with Crippen molar-refractivity contribution in [3.63, 3.8) is 0 Å². The molecule has 0 spiro atoms. The van der Waals surface area contributed by atoms with Crippen LogP contribution in [0.25, 0.3) is 0 Å². The monoisotopic (exact) mass is 464 g/mol. The molecule has 3 aliphatic heterocycles. The smallest absolute Gasteiger partial charge is 0.225 e. The zero-order chi connectivity index (χ0) is 23.8. The number of amides is 1. The van der Waals surface area contributed by atoms with E-state index in [1.54, 1.807) is 4.90 Å². The Morgan fingerprint density at radius 1 is 1.23 bits per heavy atom. The minimum Gasteiger partial charge on any atom is -0.389 e. The lowest BCUT2D eigenvalue weighted by Crippen LogP contribution is -2.54. The van der Waals surface area contributed by atoms with Crippen LogP contribution in [-0.4, -0.2) is 104 Å². The molecule has 3 saturated heterocycles. The fourth-order valence-electron chi connectivity index (χ4n) is 3.34. The fourth-order valence-corrected chi connectivity index (χ4v) is 5.38. The zero-order valence-electron chi connectivity index (χ0n) is 20.2. The Morgan fingerprint density at radius 2 is 1.81 bits per heavy atom. The summed E-state index contributed by atoms with van der Waals surface area (Å²) in [6.07, 6.45) is 1.70. The van der Waals surface area contributed by atoms with Crippen LogP contribution in [0.4, 0.5) is 0 Å². The number of likely N-dealkylation sites (tertiary alicyclic amines) is 1. The number of hydrogen-bond donors (Lipinski definition) is 2. The number of carbonyl (C=O) groups excluding carboxylic acids is 1. The lowest BCUT2D eigenvalue weighted by atomic mass is 9.99. The van der Waals surface area contributed by atoms with E-state index in [0.29, 0.717) is 45.4 Å². The molecule has 3 heterocycles. The second-order valence-corrected chi connectivity index (χ2v) is 11.9. The van der Waals surface area contributed by atoms with Crippen LogP contribution in [0.3, 0.4) is 0 Å². The lowest BCUT2D eigenvalue weighted by molar-refractivity contribution is -0.188. The van der Waals surface area contributed by atoms with Crippen molar-refractivity contribution in [1.29, 1.82) is 0 Å². The van der Waals surface area contributed by atoms with E-state index < -0.39 is 15.3 Å². The highest BCUT2D eigenvalue weighted by atomic mass is 32.2. The van der Waals surface area contributed by atoms with Crippen molar-refractivity contribution in [1.82, 2.24) is 9.21 Å². The van der Waals surface area contributed by atoms with Crippen molar-refractivity contribution in [3.05, 3.63) is 0 Å². The molecule has 3 fully saturated rings. The first-order chi connectivity index (χ1) is 14.3. The van der Waals surface area contributed by atoms with Crippen LogP contribution in [0.2, 0.25) is 0 Å². The summed E-state index contributed by atoms with van der Waals surface area (Å²) in [6.45, 7) is 15.4. The van der Waals surface area contributed by atoms with Gasteiger partial charge in [0.25, 0.3) is 0 Å². The third-order valence-electron chi connectivity index (χ3n) is 5.27. The van der Waals surface area contributed by atoms with Crippen LogP contribution in [0.15, 0.2) is 0 Å². The van der Waals surface area contributed by atoms with Gasteiger partial charge >= 0.3 is 0 Å². The first-order valence-corrected chi connectivity index (χ1v) is 13.1. The van der Waals surface area contributed by atoms with Gasteiger partial charge in [0.15, 0.2) is 0 Å². The molecule has 0 radical (unpaired) electrons. The number of carbonyl (C=O) groups is 1. The molecular weight excluding hydrogens is 420 g/mol. The van der Waals surface area contributed by atoms with Crippen LogP contribution in [-0.2, 0) is 24.0 Å². The maximum absolute atomic E-state index is 11.6. The van der Waals surface area contributed by atoms with Crippen molar-refractivity contribution < 1.29 is 28.7 Å². The molecule has 184 valence electrons. The highest BCUT2D eigenvalue weighted by Crippen LogP contribution is 2.20. The van der Waals surface area contributed by atoms with E-state index in [9.17, 15) is 14.1 Å². The third-order valence-corrected chi connectivity index (χ3v) is 7.66. The number of hydrogen-bond acceptors (Lipinski definition) is 6. The molecule has 0 aromatic rings. The van der Waals surface area contributed by atoms with E-state index in [0.717, 1.165) is 18.7 Å². The Hall–Kier alpha value is -0.710. The highest BCUT2D eigenvalue weighted by Gasteiger charge is 2.35. The Labute approximate surface area is 189 Å². The summed E-state index contributed by atoms with van der Waals surface area (Å²) >= 11 is 0. The summed E-state index contributed by atoms with van der Waals surface area (Å²) in [5.41, 5.74) is -0.588. The molecule has 9 heteroatoms. The maximum atomic E-state index is 11.6. The number of aliphatic hydroxyl groups is 2. The summed E-state index contributed by atoms with van der Waals surface area (Å²) in [5, 5.41) is 18.4. The second-order valence-electron chi connectivity index (χ2n) is 9.50. The number of nitrogens with zero attached hydrogens (tertiary/aromatic N) is 2. The summed E-state index contributed by atoms with van der Waals surface area (Å²) in [6, 6.07) is 0.382. The summed E-state index contributed by atoms with van der Waals surface area (Å²) in [4.78, 5) is 12.8. The van der Waals surface area contributed by atoms with E-state index in [1.807, 2.05) is 32.0 Å². The third kappa shape index (κ3) is 9.75. The van der Waals surface area contributed by atoms with Gasteiger partial charge in [-0.25, -0.2) is 4.31 Å². The van der Waals surface area contributed by atoms with Gasteiger partial charge < -0.3 is 24.6 Å². The predicted molar refractivity (Wildman–Crippen MR) is 125 cm³/mol. The van der Waals surface area contributed by atoms with Gasteiger partial charge in [-0.1, -0.05) is 13.8 Å². The van der Waals surface area contributed by atoms with E-state index in [-0.39, 0.29) is 24.0 Å². The molecule has 1 unspecified atom stereocenters. The average Bonchev–Trinajstić information content (AvgIpc) is 2.97. The van der Waals surface area contributed by atoms with Crippen LogP contribution >= 0.6 is 0 Å². The minimum absolute atomic E-state index is 0.0625. The Bertz CT molecular complexity index is 640. The molecule has 1 atom stereocenters. The van der Waals surface area contributed by atoms with Crippen molar-refractivity contribution in [2.45, 2.75) is 78.2 Å². The van der Waals surface area contributed by atoms with Gasteiger partial charge in [-0.05, 0) is 40.0 Å². The van der Waals surface area contributed by atoms with Gasteiger partial charge in [0.2, 0.25) is 5.91 Å². The first-order valence-electron chi connectivity index (χ1n) is 11.3. The second kappa shape index (κ2) is 12.5. The Kier molecular flexibility index (Phi) is 11.4. The van der Waals surface area contributed by atoms with Gasteiger partial charge in [-0.3, -0.25) is 9.00 Å². The maximum Gasteiger partial charge on any atom is 0.225 e. The zero-order valence-corrected chi connectivity index (χ0v) is 21.0. The largest absolute Gasteiger partial charge is 0.389 e. The summed E-state index contributed by atoms with van der Waals surface area (Å²) < 4.78 is 23.8. The number of β-amino-alcohol motifs (C(OH)–C–C–N with tert-alkyl or cyclic N) is 1. The van der Waals surface area contributed by atoms with E-state index in [4.69, 9.17) is 14.6 Å². The molecule has 0 saturated carbocycles. The van der Waals surface area contributed by atoms with Crippen LogP contribution in [0.1, 0.15) is 54.4 Å². The van der Waals surface area contributed by atoms with Crippen LogP contribution in [0, 0.1) is 5.92 Å². The molecule has 3 aliphatic rings. The topological polar surface area (TPSA) is 99.5 Å². The number of ether oxygens (including phenoxy) is 2. The molecule has 2 N–H and O–H groups in total. The number of aliphatic hydroxyl groups excluding tert-OH is 1. The van der Waals surface area contributed by atoms with Crippen LogP contribution in [0.5, 0.6) is 0 Å². The SMILES string of the molecule is C=S1(=O)CCCN1C(C)C.CC(C)C(=O)N1CC(O)C1.CC(C)OCCC1(O)COC1. The van der Waals surface area contributed by atoms with Gasteiger partial charge in [-0.15, -0.1) is 0 Å². The van der Waals surface area contributed by atoms with Crippen molar-refractivity contribution in [2.24, 2.45) is 5.92 Å². The van der Waals surface area contributed by atoms with E-state index in [1.165, 1.54) is 0 Å². The summed E-state index contributed by atoms with van der Waals surface area (Å²) in [7, 11) is -1.85. The standard InChI is InChI=1S/C8H16O3.C7H13NO2.C7H15NOS/c1-7(2)11-4-3-8(9)5-10-6-8;1-5(2)7(10)8-3-6(9)4-8;1-7(2)8-5-4-6-10(8,3)9/h7,9H,3-6H2,1-2H3;5-6,9H,3-4H2,1-2H3;7H,3-6H2,1-2H3. The van der Waals surface area contributed by atoms with Crippen molar-refractivity contribution in [3.8, 4) is 0 Å². The van der Waals surface area contributed by atoms with E-state index in [2.05, 4.69) is 19.7 Å². The molecule has 1 amide bonds. The number of rotatable bonds is 6. The molecule has 0 aromatic heterocycles. The molecule has 8 nitrogen and oxygen atoms in total. The Balaban J connectivity index is 0.000000233. The summed E-state index contributed by atoms with van der Waals surface area (Å²) in [5.74, 6) is 4.72.